The third kappa shape index (κ3) is 7.53. The Kier molecular flexibility index (Phi) is 11.0. The molecule has 1 aliphatic rings. The molecule has 12 heteroatoms. The van der Waals surface area contributed by atoms with E-state index < -0.39 is 40.2 Å². The molecule has 0 aromatic carbocycles. The molecule has 0 aromatic rings. The molecule has 0 aliphatic heterocycles. The van der Waals surface area contributed by atoms with Gasteiger partial charge in [0.05, 0.1) is 32.3 Å². The van der Waals surface area contributed by atoms with Gasteiger partial charge in [0, 0.05) is 0 Å². The lowest BCUT2D eigenvalue weighted by molar-refractivity contribution is 0.322. The van der Waals surface area contributed by atoms with E-state index in [1.54, 1.807) is 0 Å². The van der Waals surface area contributed by atoms with Crippen molar-refractivity contribution in [3.63, 3.8) is 0 Å². The molecule has 0 bridgehead atoms. The monoisotopic (exact) mass is 405 g/mol. The van der Waals surface area contributed by atoms with Crippen molar-refractivity contribution < 1.29 is 18.5 Å². The minimum Gasteiger partial charge on any atom is -0.344 e. The van der Waals surface area contributed by atoms with Crippen LogP contribution in [0.5, 0.6) is 0 Å². The van der Waals surface area contributed by atoms with Crippen LogP contribution in [0.1, 0.15) is 0 Å². The summed E-state index contributed by atoms with van der Waals surface area (Å²) in [5.74, 6) is 0. The molecule has 1 aliphatic carbocycles. The second-order valence-electron chi connectivity index (χ2n) is 3.14. The maximum absolute atomic E-state index is 10.4. The number of alkyl halides is 6. The Morgan fingerprint density at radius 3 is 0.833 bits per heavy atom. The summed E-state index contributed by atoms with van der Waals surface area (Å²) in [4.78, 5) is 13.9. The van der Waals surface area contributed by atoms with Gasteiger partial charge in [0.25, 0.3) is 0 Å². The maximum atomic E-state index is 10.4. The minimum atomic E-state index is -5.14. The maximum Gasteiger partial charge on any atom is 0.507 e. The van der Waals surface area contributed by atoms with Gasteiger partial charge in [0.2, 0.25) is 0 Å². The molecule has 1 saturated carbocycles. The Labute approximate surface area is 134 Å². The second-order valence-corrected chi connectivity index (χ2v) is 7.11. The van der Waals surface area contributed by atoms with Gasteiger partial charge in [-0.3, -0.25) is 9.79 Å². The summed E-state index contributed by atoms with van der Waals surface area (Å²) in [7, 11) is -5.14. The zero-order valence-corrected chi connectivity index (χ0v) is 14.0. The molecule has 112 valence electrons. The molecule has 0 radical (unpaired) electrons. The van der Waals surface area contributed by atoms with Gasteiger partial charge in [-0.2, -0.15) is 0 Å². The van der Waals surface area contributed by atoms with E-state index in [-0.39, 0.29) is 6.15 Å². The highest BCUT2D eigenvalue weighted by Gasteiger charge is 2.46. The van der Waals surface area contributed by atoms with E-state index >= 15 is 0 Å². The highest BCUT2D eigenvalue weighted by Crippen LogP contribution is 2.39. The van der Waals surface area contributed by atoms with E-state index in [1.807, 2.05) is 0 Å². The van der Waals surface area contributed by atoms with Crippen LogP contribution in [0.4, 0.5) is 4.20 Å². The first-order valence-corrected chi connectivity index (χ1v) is 8.18. The Morgan fingerprint density at radius 1 is 0.722 bits per heavy atom. The zero-order chi connectivity index (χ0) is 14.0. The molecule has 18 heavy (non-hydrogen) atoms. The van der Waals surface area contributed by atoms with Gasteiger partial charge in [0.15, 0.2) is 0 Å². The standard InChI is InChI=1S/C6H6Cl6.FH2O3P.H3N/c7-1-2(8)4(10)6(12)5(11)3(1)9;1-5(2,3)4;/h1-6H;(H2,2,3,4);1H3/t1-,2-,3-,4+,5+,6+;;. The number of hydrogen-bond donors (Lipinski definition) is 3. The van der Waals surface area contributed by atoms with Crippen LogP contribution in [0, 0.1) is 0 Å². The van der Waals surface area contributed by atoms with Gasteiger partial charge < -0.3 is 6.15 Å². The molecule has 0 spiro atoms. The van der Waals surface area contributed by atoms with E-state index in [4.69, 9.17) is 84.0 Å². The summed E-state index contributed by atoms with van der Waals surface area (Å²) >= 11 is 35.3. The fraction of sp³-hybridized carbons (Fsp3) is 1.00. The minimum absolute atomic E-state index is 0. The zero-order valence-electron chi connectivity index (χ0n) is 8.57. The van der Waals surface area contributed by atoms with Crippen molar-refractivity contribution in [3.05, 3.63) is 0 Å². The Hall–Kier alpha value is 1.78. The van der Waals surface area contributed by atoms with E-state index in [9.17, 15) is 4.20 Å². The predicted octanol–water partition coefficient (Wildman–Crippen LogP) is 3.86. The lowest BCUT2D eigenvalue weighted by Crippen LogP contribution is -2.52. The molecule has 5 N–H and O–H groups in total. The normalized spacial score (nSPS) is 40.3. The summed E-state index contributed by atoms with van der Waals surface area (Å²) in [6.07, 6.45) is 0. The topological polar surface area (TPSA) is 92.5 Å². The van der Waals surface area contributed by atoms with E-state index in [0.717, 1.165) is 0 Å². The first-order chi connectivity index (χ1) is 7.46. The molecule has 0 amide bonds. The smallest absolute Gasteiger partial charge is 0.344 e. The SMILES string of the molecule is Cl[C@H]1[C@H](Cl)[C@@H](Cl)[C@@H](Cl)[C@H](Cl)[C@H]1Cl.N.O=P(O)(O)F. The van der Waals surface area contributed by atoms with E-state index in [1.165, 1.54) is 0 Å². The highest BCUT2D eigenvalue weighted by molar-refractivity contribution is 7.45. The molecule has 0 atom stereocenters. The fourth-order valence-electron chi connectivity index (χ4n) is 1.05. The van der Waals surface area contributed by atoms with Crippen LogP contribution in [0.2, 0.25) is 0 Å². The average Bonchev–Trinajstić information content (AvgIpc) is 2.18. The quantitative estimate of drug-likeness (QED) is 0.420. The van der Waals surface area contributed by atoms with Gasteiger partial charge in [-0.1, -0.05) is 0 Å². The van der Waals surface area contributed by atoms with Gasteiger partial charge >= 0.3 is 7.91 Å². The number of rotatable bonds is 0. The Morgan fingerprint density at radius 2 is 0.778 bits per heavy atom. The van der Waals surface area contributed by atoms with Crippen LogP contribution in [0.3, 0.4) is 0 Å². The summed E-state index contributed by atoms with van der Waals surface area (Å²) in [6, 6.07) is 0. The van der Waals surface area contributed by atoms with Crippen LogP contribution < -0.4 is 6.15 Å². The van der Waals surface area contributed by atoms with Gasteiger partial charge in [-0.15, -0.1) is 73.8 Å². The Bertz CT molecular complexity index is 230. The number of hydrogen-bond acceptors (Lipinski definition) is 2. The van der Waals surface area contributed by atoms with Crippen LogP contribution >= 0.6 is 77.5 Å². The van der Waals surface area contributed by atoms with Crippen molar-refractivity contribution in [3.8, 4) is 0 Å². The van der Waals surface area contributed by atoms with Crippen LogP contribution in [0.15, 0.2) is 0 Å². The van der Waals surface area contributed by atoms with Crippen molar-refractivity contribution in [2.45, 2.75) is 32.3 Å². The van der Waals surface area contributed by atoms with Crippen molar-refractivity contribution in [1.29, 1.82) is 0 Å². The fourth-order valence-corrected chi connectivity index (χ4v) is 3.38. The van der Waals surface area contributed by atoms with Crippen molar-refractivity contribution in [1.82, 2.24) is 6.15 Å². The van der Waals surface area contributed by atoms with Crippen molar-refractivity contribution >= 4 is 77.5 Å². The molecular weight excluding hydrogens is 397 g/mol. The molecule has 4 nitrogen and oxygen atoms in total. The van der Waals surface area contributed by atoms with Crippen LogP contribution in [-0.2, 0) is 4.57 Å². The molecule has 0 heterocycles. The molecule has 0 aromatic heterocycles. The largest absolute Gasteiger partial charge is 0.507 e. The van der Waals surface area contributed by atoms with Gasteiger partial charge in [-0.05, 0) is 0 Å². The molecule has 0 saturated heterocycles. The third-order valence-electron chi connectivity index (χ3n) is 1.83. The third-order valence-corrected chi connectivity index (χ3v) is 5.86. The molecule has 1 fully saturated rings. The van der Waals surface area contributed by atoms with Gasteiger partial charge in [-0.25, -0.2) is 4.57 Å². The van der Waals surface area contributed by atoms with E-state index in [2.05, 4.69) is 0 Å². The highest BCUT2D eigenvalue weighted by atomic mass is 35.5. The van der Waals surface area contributed by atoms with E-state index in [0.29, 0.717) is 0 Å². The second kappa shape index (κ2) is 8.93. The van der Waals surface area contributed by atoms with Crippen LogP contribution in [0.25, 0.3) is 0 Å². The first kappa shape index (κ1) is 22.1. The Balaban J connectivity index is 0. The number of halogens is 7. The van der Waals surface area contributed by atoms with Crippen molar-refractivity contribution in [2.24, 2.45) is 0 Å². The predicted molar refractivity (Wildman–Crippen MR) is 76.0 cm³/mol. The molecule has 0 unspecified atom stereocenters. The van der Waals surface area contributed by atoms with Gasteiger partial charge in [0.1, 0.15) is 0 Å². The molecule has 1 rings (SSSR count). The first-order valence-electron chi connectivity index (χ1n) is 4.06. The van der Waals surface area contributed by atoms with Crippen molar-refractivity contribution in [2.75, 3.05) is 0 Å². The molecular formula is C6H11Cl6FNO3P. The van der Waals surface area contributed by atoms with Crippen LogP contribution in [-0.4, -0.2) is 42.0 Å². The summed E-state index contributed by atoms with van der Waals surface area (Å²) in [5, 5.41) is -2.62. The average molecular weight is 408 g/mol. The summed E-state index contributed by atoms with van der Waals surface area (Å²) < 4.78 is 19.0. The lowest BCUT2D eigenvalue weighted by atomic mass is 9.97. The summed E-state index contributed by atoms with van der Waals surface area (Å²) in [6.45, 7) is 0. The summed E-state index contributed by atoms with van der Waals surface area (Å²) in [5.41, 5.74) is 0. The lowest BCUT2D eigenvalue weighted by Gasteiger charge is -2.37.